The summed E-state index contributed by atoms with van der Waals surface area (Å²) in [7, 11) is 0. The minimum absolute atomic E-state index is 0.384. The fraction of sp³-hybridized carbons (Fsp3) is 0.231. The van der Waals surface area contributed by atoms with Crippen LogP contribution in [0, 0.1) is 11.3 Å². The van der Waals surface area contributed by atoms with Crippen LogP contribution in [0.1, 0.15) is 18.9 Å². The summed E-state index contributed by atoms with van der Waals surface area (Å²) in [6.07, 6.45) is 2.47. The third-order valence-electron chi connectivity index (χ3n) is 2.67. The highest BCUT2D eigenvalue weighted by atomic mass is 79.9. The number of hydrogen-bond acceptors (Lipinski definition) is 3. The van der Waals surface area contributed by atoms with Crippen molar-refractivity contribution in [1.29, 1.82) is 5.26 Å². The number of fused-ring (bicyclic) bond motifs is 1. The second-order valence-electron chi connectivity index (χ2n) is 3.97. The summed E-state index contributed by atoms with van der Waals surface area (Å²) in [5, 5.41) is 14.0. The summed E-state index contributed by atoms with van der Waals surface area (Å²) in [6.45, 7) is 2.83. The summed E-state index contributed by atoms with van der Waals surface area (Å²) in [5.41, 5.74) is 1.83. The summed E-state index contributed by atoms with van der Waals surface area (Å²) < 4.78 is 0.683. The molecule has 0 bridgehead atoms. The van der Waals surface area contributed by atoms with Crippen LogP contribution in [0.2, 0.25) is 10.0 Å². The van der Waals surface area contributed by atoms with Crippen LogP contribution in [0.5, 0.6) is 0 Å². The van der Waals surface area contributed by atoms with Crippen molar-refractivity contribution in [1.82, 2.24) is 4.98 Å². The van der Waals surface area contributed by atoms with E-state index >= 15 is 0 Å². The summed E-state index contributed by atoms with van der Waals surface area (Å²) in [6, 6.07) is 3.96. The van der Waals surface area contributed by atoms with Gasteiger partial charge in [0.1, 0.15) is 6.07 Å². The van der Waals surface area contributed by atoms with Gasteiger partial charge in [-0.2, -0.15) is 5.26 Å². The van der Waals surface area contributed by atoms with Crippen LogP contribution in [-0.4, -0.2) is 11.5 Å². The predicted molar refractivity (Wildman–Crippen MR) is 83.0 cm³/mol. The Labute approximate surface area is 129 Å². The zero-order valence-corrected chi connectivity index (χ0v) is 13.2. The molecule has 0 saturated carbocycles. The number of nitriles is 1. The van der Waals surface area contributed by atoms with E-state index < -0.39 is 0 Å². The molecule has 98 valence electrons. The molecule has 2 aromatic rings. The normalized spacial score (nSPS) is 10.5. The number of rotatable bonds is 3. The largest absolute Gasteiger partial charge is 0.383 e. The highest BCUT2D eigenvalue weighted by molar-refractivity contribution is 9.10. The Hall–Kier alpha value is -1.02. The number of halogens is 3. The molecule has 0 fully saturated rings. The van der Waals surface area contributed by atoms with Gasteiger partial charge in [-0.25, -0.2) is 0 Å². The van der Waals surface area contributed by atoms with Gasteiger partial charge in [0.15, 0.2) is 0 Å². The zero-order chi connectivity index (χ0) is 14.0. The Kier molecular flexibility index (Phi) is 4.51. The number of nitrogens with one attached hydrogen (secondary N) is 1. The summed E-state index contributed by atoms with van der Waals surface area (Å²) in [4.78, 5) is 4.22. The van der Waals surface area contributed by atoms with Gasteiger partial charge in [-0.1, -0.05) is 30.1 Å². The molecule has 3 nitrogen and oxygen atoms in total. The highest BCUT2D eigenvalue weighted by Crippen LogP contribution is 2.39. The third kappa shape index (κ3) is 2.64. The van der Waals surface area contributed by atoms with Crippen molar-refractivity contribution in [3.05, 3.63) is 32.3 Å². The number of aromatic nitrogens is 1. The first-order valence-electron chi connectivity index (χ1n) is 5.70. The van der Waals surface area contributed by atoms with Gasteiger partial charge in [-0.05, 0) is 28.4 Å². The minimum atomic E-state index is 0.384. The molecule has 0 amide bonds. The number of anilines is 1. The molecule has 6 heteroatoms. The number of benzene rings is 1. The molecule has 1 aromatic heterocycles. The first kappa shape index (κ1) is 14.4. The van der Waals surface area contributed by atoms with Gasteiger partial charge >= 0.3 is 0 Å². The molecule has 1 aromatic carbocycles. The first-order chi connectivity index (χ1) is 9.10. The van der Waals surface area contributed by atoms with Crippen molar-refractivity contribution < 1.29 is 0 Å². The highest BCUT2D eigenvalue weighted by Gasteiger charge is 2.15. The van der Waals surface area contributed by atoms with E-state index in [2.05, 4.69) is 39.2 Å². The molecule has 0 spiro atoms. The molecule has 1 heterocycles. The van der Waals surface area contributed by atoms with Gasteiger partial charge in [0, 0.05) is 22.6 Å². The third-order valence-corrected chi connectivity index (χ3v) is 4.38. The molecular weight excluding hydrogens is 349 g/mol. The van der Waals surface area contributed by atoms with E-state index in [1.807, 2.05) is 6.07 Å². The van der Waals surface area contributed by atoms with E-state index in [1.54, 1.807) is 0 Å². The Bertz CT molecular complexity index is 680. The van der Waals surface area contributed by atoms with Gasteiger partial charge < -0.3 is 5.32 Å². The fourth-order valence-corrected chi connectivity index (χ4v) is 2.70. The van der Waals surface area contributed by atoms with Crippen molar-refractivity contribution >= 4 is 55.7 Å². The van der Waals surface area contributed by atoms with Crippen LogP contribution in [-0.2, 0) is 0 Å². The monoisotopic (exact) mass is 357 g/mol. The van der Waals surface area contributed by atoms with Gasteiger partial charge in [0.2, 0.25) is 0 Å². The standard InChI is InChI=1S/C13H10BrCl2N3/c1-2-3-18-12-7(5-17)6-19-13-8(12)4-9(14)10(15)11(13)16/h4,6H,2-3H2,1H3,(H,18,19). The van der Waals surface area contributed by atoms with Crippen molar-refractivity contribution in [2.24, 2.45) is 0 Å². The lowest BCUT2D eigenvalue weighted by Crippen LogP contribution is -2.03. The maximum absolute atomic E-state index is 9.17. The molecule has 0 unspecified atom stereocenters. The van der Waals surface area contributed by atoms with E-state index in [1.165, 1.54) is 6.20 Å². The Morgan fingerprint density at radius 1 is 1.42 bits per heavy atom. The van der Waals surface area contributed by atoms with Gasteiger partial charge in [-0.15, -0.1) is 0 Å². The molecular formula is C13H10BrCl2N3. The quantitative estimate of drug-likeness (QED) is 0.785. The van der Waals surface area contributed by atoms with Crippen LogP contribution in [0.25, 0.3) is 10.9 Å². The van der Waals surface area contributed by atoms with Crippen LogP contribution in [0.3, 0.4) is 0 Å². The van der Waals surface area contributed by atoms with Crippen LogP contribution in [0.4, 0.5) is 5.69 Å². The second-order valence-corrected chi connectivity index (χ2v) is 5.58. The maximum atomic E-state index is 9.17. The minimum Gasteiger partial charge on any atom is -0.383 e. The topological polar surface area (TPSA) is 48.7 Å². The summed E-state index contributed by atoms with van der Waals surface area (Å²) >= 11 is 15.6. The van der Waals surface area contributed by atoms with Gasteiger partial charge in [0.05, 0.1) is 26.8 Å². The lowest BCUT2D eigenvalue weighted by molar-refractivity contribution is 0.980. The van der Waals surface area contributed by atoms with E-state index in [0.29, 0.717) is 25.6 Å². The molecule has 0 atom stereocenters. The fourth-order valence-electron chi connectivity index (χ4n) is 1.77. The predicted octanol–water partition coefficient (Wildman–Crippen LogP) is 5.00. The lowest BCUT2D eigenvalue weighted by atomic mass is 10.1. The Morgan fingerprint density at radius 2 is 2.16 bits per heavy atom. The first-order valence-corrected chi connectivity index (χ1v) is 7.25. The van der Waals surface area contributed by atoms with E-state index in [4.69, 9.17) is 28.5 Å². The zero-order valence-electron chi connectivity index (χ0n) is 10.1. The van der Waals surface area contributed by atoms with Crippen LogP contribution >= 0.6 is 39.1 Å². The van der Waals surface area contributed by atoms with Crippen molar-refractivity contribution in [2.45, 2.75) is 13.3 Å². The molecule has 19 heavy (non-hydrogen) atoms. The van der Waals surface area contributed by atoms with Crippen LogP contribution < -0.4 is 5.32 Å². The second kappa shape index (κ2) is 5.96. The molecule has 0 aliphatic rings. The summed E-state index contributed by atoms with van der Waals surface area (Å²) in [5.74, 6) is 0. The van der Waals surface area contributed by atoms with E-state index in [-0.39, 0.29) is 0 Å². The average Bonchev–Trinajstić information content (AvgIpc) is 2.42. The lowest BCUT2D eigenvalue weighted by Gasteiger charge is -2.12. The average molecular weight is 359 g/mol. The SMILES string of the molecule is CCCNc1c(C#N)cnc2c(Cl)c(Cl)c(Br)cc12. The van der Waals surface area contributed by atoms with Gasteiger partial charge in [-0.3, -0.25) is 4.98 Å². The van der Waals surface area contributed by atoms with Crippen molar-refractivity contribution in [3.8, 4) is 6.07 Å². The van der Waals surface area contributed by atoms with Crippen LogP contribution in [0.15, 0.2) is 16.7 Å². The molecule has 0 aliphatic heterocycles. The Balaban J connectivity index is 2.78. The molecule has 0 radical (unpaired) electrons. The van der Waals surface area contributed by atoms with Crippen molar-refractivity contribution in [3.63, 3.8) is 0 Å². The molecule has 1 N–H and O–H groups in total. The molecule has 2 rings (SSSR count). The number of nitrogens with zero attached hydrogens (tertiary/aromatic N) is 2. The number of hydrogen-bond donors (Lipinski definition) is 1. The molecule has 0 aliphatic carbocycles. The molecule has 0 saturated heterocycles. The maximum Gasteiger partial charge on any atom is 0.103 e. The van der Waals surface area contributed by atoms with E-state index in [0.717, 1.165) is 24.0 Å². The number of pyridine rings is 1. The van der Waals surface area contributed by atoms with E-state index in [9.17, 15) is 0 Å². The van der Waals surface area contributed by atoms with Crippen molar-refractivity contribution in [2.75, 3.05) is 11.9 Å². The smallest absolute Gasteiger partial charge is 0.103 e. The Morgan fingerprint density at radius 3 is 2.79 bits per heavy atom. The van der Waals surface area contributed by atoms with Gasteiger partial charge in [0.25, 0.3) is 0 Å².